The van der Waals surface area contributed by atoms with Crippen molar-refractivity contribution in [3.63, 3.8) is 0 Å². The van der Waals surface area contributed by atoms with Crippen molar-refractivity contribution in [1.82, 2.24) is 15.1 Å². The number of benzene rings is 1. The lowest BCUT2D eigenvalue weighted by Crippen LogP contribution is -2.49. The number of carbonyl (C=O) groups excluding carboxylic acids is 2. The van der Waals surface area contributed by atoms with Gasteiger partial charge in [0.2, 0.25) is 0 Å². The molecule has 2 saturated heterocycles. The van der Waals surface area contributed by atoms with Gasteiger partial charge in [-0.05, 0) is 44.7 Å². The third-order valence-corrected chi connectivity index (χ3v) is 6.77. The SMILES string of the molecule is CCOc1ccccc1OC1CCN(CN2C(=O)NC3(CCCCCCC3)C2=O)CC1. The Morgan fingerprint density at radius 2 is 1.65 bits per heavy atom. The topological polar surface area (TPSA) is 71.1 Å². The average molecular weight is 430 g/mol. The second kappa shape index (κ2) is 9.90. The minimum absolute atomic E-state index is 0.0246. The minimum atomic E-state index is -0.665. The fourth-order valence-corrected chi connectivity index (χ4v) is 5.02. The molecule has 1 spiro atoms. The van der Waals surface area contributed by atoms with Crippen molar-refractivity contribution < 1.29 is 19.1 Å². The first-order chi connectivity index (χ1) is 15.1. The summed E-state index contributed by atoms with van der Waals surface area (Å²) in [6.07, 6.45) is 8.89. The van der Waals surface area contributed by atoms with Crippen LogP contribution in [0, 0.1) is 0 Å². The van der Waals surface area contributed by atoms with Crippen molar-refractivity contribution in [2.24, 2.45) is 0 Å². The molecule has 31 heavy (non-hydrogen) atoms. The lowest BCUT2D eigenvalue weighted by Gasteiger charge is -2.34. The van der Waals surface area contributed by atoms with Gasteiger partial charge >= 0.3 is 6.03 Å². The summed E-state index contributed by atoms with van der Waals surface area (Å²) in [5.41, 5.74) is -0.665. The normalized spacial score (nSPS) is 22.8. The summed E-state index contributed by atoms with van der Waals surface area (Å²) < 4.78 is 11.9. The van der Waals surface area contributed by atoms with Crippen molar-refractivity contribution >= 4 is 11.9 Å². The van der Waals surface area contributed by atoms with Crippen molar-refractivity contribution in [1.29, 1.82) is 0 Å². The summed E-state index contributed by atoms with van der Waals surface area (Å²) in [6.45, 7) is 4.53. The Balaban J connectivity index is 1.31. The van der Waals surface area contributed by atoms with Gasteiger partial charge in [0.25, 0.3) is 5.91 Å². The van der Waals surface area contributed by atoms with Crippen LogP contribution in [-0.4, -0.2) is 59.7 Å². The Kier molecular flexibility index (Phi) is 7.00. The highest BCUT2D eigenvalue weighted by Gasteiger charge is 2.50. The van der Waals surface area contributed by atoms with Gasteiger partial charge in [-0.25, -0.2) is 9.69 Å². The molecule has 0 aromatic heterocycles. The van der Waals surface area contributed by atoms with Crippen molar-refractivity contribution in [2.45, 2.75) is 76.4 Å². The van der Waals surface area contributed by atoms with E-state index in [1.165, 1.54) is 11.3 Å². The summed E-state index contributed by atoms with van der Waals surface area (Å²) >= 11 is 0. The summed E-state index contributed by atoms with van der Waals surface area (Å²) in [7, 11) is 0. The predicted octanol–water partition coefficient (Wildman–Crippen LogP) is 3.92. The quantitative estimate of drug-likeness (QED) is 0.694. The number of hydrogen-bond donors (Lipinski definition) is 1. The van der Waals surface area contributed by atoms with E-state index < -0.39 is 5.54 Å². The van der Waals surface area contributed by atoms with Crippen LogP contribution < -0.4 is 14.8 Å². The van der Waals surface area contributed by atoms with E-state index in [9.17, 15) is 9.59 Å². The predicted molar refractivity (Wildman–Crippen MR) is 118 cm³/mol. The number of hydrogen-bond acceptors (Lipinski definition) is 5. The van der Waals surface area contributed by atoms with E-state index in [1.54, 1.807) is 0 Å². The number of likely N-dealkylation sites (tertiary alicyclic amines) is 1. The summed E-state index contributed by atoms with van der Waals surface area (Å²) in [6, 6.07) is 7.54. The van der Waals surface area contributed by atoms with Gasteiger partial charge < -0.3 is 14.8 Å². The smallest absolute Gasteiger partial charge is 0.326 e. The van der Waals surface area contributed by atoms with Gasteiger partial charge in [0.05, 0.1) is 13.3 Å². The molecule has 0 bridgehead atoms. The van der Waals surface area contributed by atoms with Crippen LogP contribution in [0.25, 0.3) is 0 Å². The van der Waals surface area contributed by atoms with Gasteiger partial charge in [0, 0.05) is 13.1 Å². The maximum Gasteiger partial charge on any atom is 0.326 e. The standard InChI is InChI=1S/C24H35N3O4/c1-2-30-20-10-6-7-11-21(20)31-19-12-16-26(17-13-19)18-27-22(28)24(25-23(27)29)14-8-4-3-5-9-15-24/h6-7,10-11,19H,2-5,8-9,12-18H2,1H3,(H,25,29). The zero-order valence-electron chi connectivity index (χ0n) is 18.6. The van der Waals surface area contributed by atoms with Crippen LogP contribution in [-0.2, 0) is 4.79 Å². The maximum atomic E-state index is 13.2. The highest BCUT2D eigenvalue weighted by Crippen LogP contribution is 2.33. The molecular formula is C24H35N3O4. The number of nitrogens with one attached hydrogen (secondary N) is 1. The Morgan fingerprint density at radius 1 is 1.00 bits per heavy atom. The van der Waals surface area contributed by atoms with Crippen LogP contribution in [0.15, 0.2) is 24.3 Å². The molecule has 3 aliphatic rings. The maximum absolute atomic E-state index is 13.2. The molecule has 170 valence electrons. The average Bonchev–Trinajstić information content (AvgIpc) is 2.98. The van der Waals surface area contributed by atoms with Gasteiger partial charge in [-0.2, -0.15) is 0 Å². The van der Waals surface area contributed by atoms with E-state index in [0.29, 0.717) is 13.3 Å². The van der Waals surface area contributed by atoms with Crippen molar-refractivity contribution in [3.8, 4) is 11.5 Å². The van der Waals surface area contributed by atoms with E-state index in [-0.39, 0.29) is 18.0 Å². The molecule has 1 aliphatic carbocycles. The molecule has 1 aromatic rings. The van der Waals surface area contributed by atoms with Crippen LogP contribution in [0.3, 0.4) is 0 Å². The fourth-order valence-electron chi connectivity index (χ4n) is 5.02. The molecule has 0 unspecified atom stereocenters. The van der Waals surface area contributed by atoms with Crippen LogP contribution in [0.5, 0.6) is 11.5 Å². The van der Waals surface area contributed by atoms with E-state index in [4.69, 9.17) is 9.47 Å². The Morgan fingerprint density at radius 3 is 2.32 bits per heavy atom. The first-order valence-electron chi connectivity index (χ1n) is 11.9. The molecule has 1 aromatic carbocycles. The number of imide groups is 1. The van der Waals surface area contributed by atoms with Gasteiger partial charge in [-0.3, -0.25) is 9.69 Å². The number of rotatable bonds is 6. The molecule has 2 aliphatic heterocycles. The second-order valence-electron chi connectivity index (χ2n) is 8.97. The molecule has 0 atom stereocenters. The highest BCUT2D eigenvalue weighted by atomic mass is 16.5. The number of para-hydroxylation sites is 2. The highest BCUT2D eigenvalue weighted by molar-refractivity contribution is 6.07. The van der Waals surface area contributed by atoms with Crippen molar-refractivity contribution in [3.05, 3.63) is 24.3 Å². The fraction of sp³-hybridized carbons (Fsp3) is 0.667. The molecule has 1 saturated carbocycles. The lowest BCUT2D eigenvalue weighted by molar-refractivity contribution is -0.133. The van der Waals surface area contributed by atoms with Gasteiger partial charge in [-0.15, -0.1) is 0 Å². The first kappa shape index (κ1) is 21.9. The number of ether oxygens (including phenoxy) is 2. The lowest BCUT2D eigenvalue weighted by atomic mass is 9.84. The van der Waals surface area contributed by atoms with Crippen LogP contribution in [0.2, 0.25) is 0 Å². The summed E-state index contributed by atoms with van der Waals surface area (Å²) in [5, 5.41) is 3.06. The number of piperidine rings is 1. The van der Waals surface area contributed by atoms with Crippen molar-refractivity contribution in [2.75, 3.05) is 26.4 Å². The van der Waals surface area contributed by atoms with Crippen LogP contribution >= 0.6 is 0 Å². The molecule has 2 heterocycles. The third kappa shape index (κ3) is 4.97. The molecule has 3 fully saturated rings. The van der Waals surface area contributed by atoms with E-state index in [0.717, 1.165) is 76.0 Å². The number of amides is 3. The molecular weight excluding hydrogens is 394 g/mol. The molecule has 0 radical (unpaired) electrons. The minimum Gasteiger partial charge on any atom is -0.490 e. The summed E-state index contributed by atoms with van der Waals surface area (Å²) in [5.74, 6) is 1.53. The van der Waals surface area contributed by atoms with Crippen LogP contribution in [0.4, 0.5) is 4.79 Å². The zero-order chi connectivity index (χ0) is 21.7. The van der Waals surface area contributed by atoms with Crippen LogP contribution in [0.1, 0.15) is 64.7 Å². The molecule has 4 rings (SSSR count). The third-order valence-electron chi connectivity index (χ3n) is 6.77. The largest absolute Gasteiger partial charge is 0.490 e. The number of nitrogens with zero attached hydrogens (tertiary/aromatic N) is 2. The molecule has 7 heteroatoms. The van der Waals surface area contributed by atoms with E-state index >= 15 is 0 Å². The van der Waals surface area contributed by atoms with E-state index in [2.05, 4.69) is 10.2 Å². The molecule has 3 amide bonds. The number of carbonyl (C=O) groups is 2. The van der Waals surface area contributed by atoms with Gasteiger partial charge in [0.1, 0.15) is 11.6 Å². The number of urea groups is 1. The Bertz CT molecular complexity index is 768. The van der Waals surface area contributed by atoms with Gasteiger partial charge in [-0.1, -0.05) is 44.2 Å². The second-order valence-corrected chi connectivity index (χ2v) is 8.97. The monoisotopic (exact) mass is 429 g/mol. The van der Waals surface area contributed by atoms with Gasteiger partial charge in [0.15, 0.2) is 11.5 Å². The molecule has 7 nitrogen and oxygen atoms in total. The summed E-state index contributed by atoms with van der Waals surface area (Å²) in [4.78, 5) is 29.5. The zero-order valence-corrected chi connectivity index (χ0v) is 18.6. The first-order valence-corrected chi connectivity index (χ1v) is 11.9. The Labute approximate surface area is 185 Å². The molecule has 1 N–H and O–H groups in total. The Hall–Kier alpha value is -2.28. The van der Waals surface area contributed by atoms with E-state index in [1.807, 2.05) is 31.2 Å².